The van der Waals surface area contributed by atoms with Crippen molar-refractivity contribution in [1.82, 2.24) is 0 Å². The van der Waals surface area contributed by atoms with Gasteiger partial charge in [0.05, 0.1) is 0 Å². The first-order valence-corrected chi connectivity index (χ1v) is 6.40. The highest BCUT2D eigenvalue weighted by molar-refractivity contribution is 5.84. The number of ketones is 1. The molecule has 2 heteroatoms. The van der Waals surface area contributed by atoms with E-state index in [9.17, 15) is 4.79 Å². The standard InChI is InChI=1S/C13H23NO/c1-2-11(15)13-5-3-4-12(10-14,6-8-13)7-9-13/h2-10,14H2,1H3. The maximum atomic E-state index is 12.1. The lowest BCUT2D eigenvalue weighted by Gasteiger charge is -2.41. The van der Waals surface area contributed by atoms with Gasteiger partial charge in [0.25, 0.3) is 0 Å². The first-order valence-electron chi connectivity index (χ1n) is 6.40. The van der Waals surface area contributed by atoms with E-state index >= 15 is 0 Å². The van der Waals surface area contributed by atoms with Crippen molar-refractivity contribution < 1.29 is 4.79 Å². The molecule has 0 unspecified atom stereocenters. The molecule has 3 aliphatic carbocycles. The summed E-state index contributed by atoms with van der Waals surface area (Å²) in [5, 5.41) is 0. The molecule has 15 heavy (non-hydrogen) atoms. The molecule has 0 atom stereocenters. The van der Waals surface area contributed by atoms with Crippen LogP contribution in [-0.2, 0) is 4.79 Å². The molecule has 3 fully saturated rings. The second-order valence-electron chi connectivity index (χ2n) is 5.61. The number of hydrogen-bond acceptors (Lipinski definition) is 2. The van der Waals surface area contributed by atoms with Gasteiger partial charge in [0.15, 0.2) is 0 Å². The topological polar surface area (TPSA) is 43.1 Å². The first kappa shape index (κ1) is 11.1. The van der Waals surface area contributed by atoms with Crippen LogP contribution in [0.25, 0.3) is 0 Å². The number of Topliss-reactive ketones (excluding diaryl/α,β-unsaturated/α-hetero) is 1. The van der Waals surface area contributed by atoms with Crippen LogP contribution in [0.5, 0.6) is 0 Å². The largest absolute Gasteiger partial charge is 0.330 e. The number of nitrogens with two attached hydrogens (primary N) is 1. The Labute approximate surface area is 92.6 Å². The van der Waals surface area contributed by atoms with Gasteiger partial charge in [0.2, 0.25) is 0 Å². The minimum absolute atomic E-state index is 0.0594. The van der Waals surface area contributed by atoms with Crippen LogP contribution in [0.15, 0.2) is 0 Å². The summed E-state index contributed by atoms with van der Waals surface area (Å²) in [4.78, 5) is 12.1. The zero-order chi connectivity index (χ0) is 10.9. The molecule has 0 heterocycles. The van der Waals surface area contributed by atoms with Crippen LogP contribution >= 0.6 is 0 Å². The Balaban J connectivity index is 2.18. The van der Waals surface area contributed by atoms with Crippen molar-refractivity contribution in [2.45, 2.75) is 58.3 Å². The molecule has 0 aromatic rings. The van der Waals surface area contributed by atoms with Gasteiger partial charge >= 0.3 is 0 Å². The maximum Gasteiger partial charge on any atom is 0.138 e. The average Bonchev–Trinajstić information content (AvgIpc) is 2.59. The summed E-state index contributed by atoms with van der Waals surface area (Å²) in [5.74, 6) is 0.509. The average molecular weight is 209 g/mol. The zero-order valence-corrected chi connectivity index (χ0v) is 9.85. The lowest BCUT2D eigenvalue weighted by Crippen LogP contribution is -2.39. The molecule has 0 aromatic heterocycles. The predicted octanol–water partition coefficient (Wildman–Crippen LogP) is 2.65. The Morgan fingerprint density at radius 1 is 1.13 bits per heavy atom. The van der Waals surface area contributed by atoms with E-state index in [2.05, 4.69) is 0 Å². The molecule has 3 aliphatic rings. The summed E-state index contributed by atoms with van der Waals surface area (Å²) in [6.45, 7) is 2.83. The van der Waals surface area contributed by atoms with E-state index in [4.69, 9.17) is 5.73 Å². The molecule has 0 saturated heterocycles. The normalized spacial score (nSPS) is 40.1. The monoisotopic (exact) mass is 209 g/mol. The highest BCUT2D eigenvalue weighted by Crippen LogP contribution is 2.54. The van der Waals surface area contributed by atoms with Gasteiger partial charge in [0.1, 0.15) is 5.78 Å². The molecule has 3 rings (SSSR count). The number of carbonyl (C=O) groups is 1. The molecule has 0 amide bonds. The summed E-state index contributed by atoms with van der Waals surface area (Å²) in [5.41, 5.74) is 6.37. The quantitative estimate of drug-likeness (QED) is 0.776. The Kier molecular flexibility index (Phi) is 2.89. The van der Waals surface area contributed by atoms with E-state index in [0.717, 1.165) is 32.2 Å². The number of hydrogen-bond donors (Lipinski definition) is 1. The molecule has 3 saturated carbocycles. The van der Waals surface area contributed by atoms with E-state index in [1.165, 1.54) is 25.7 Å². The summed E-state index contributed by atoms with van der Waals surface area (Å²) in [6, 6.07) is 0. The van der Waals surface area contributed by atoms with Crippen molar-refractivity contribution in [3.63, 3.8) is 0 Å². The molecule has 0 aromatic carbocycles. The number of carbonyl (C=O) groups excluding carboxylic acids is 1. The molecular weight excluding hydrogens is 186 g/mol. The number of rotatable bonds is 3. The van der Waals surface area contributed by atoms with Crippen LogP contribution in [0.2, 0.25) is 0 Å². The summed E-state index contributed by atoms with van der Waals surface area (Å²) < 4.78 is 0. The van der Waals surface area contributed by atoms with Crippen LogP contribution < -0.4 is 5.73 Å². The van der Waals surface area contributed by atoms with E-state index < -0.39 is 0 Å². The van der Waals surface area contributed by atoms with Crippen molar-refractivity contribution in [3.8, 4) is 0 Å². The molecule has 0 aliphatic heterocycles. The van der Waals surface area contributed by atoms with Crippen molar-refractivity contribution in [2.24, 2.45) is 16.6 Å². The Morgan fingerprint density at radius 2 is 1.80 bits per heavy atom. The van der Waals surface area contributed by atoms with Crippen LogP contribution in [0.4, 0.5) is 0 Å². The summed E-state index contributed by atoms with van der Waals surface area (Å²) in [6.07, 6.45) is 8.90. The first-order chi connectivity index (χ1) is 7.16. The smallest absolute Gasteiger partial charge is 0.138 e. The molecule has 0 spiro atoms. The maximum absolute atomic E-state index is 12.1. The van der Waals surface area contributed by atoms with Crippen molar-refractivity contribution in [2.75, 3.05) is 6.54 Å². The van der Waals surface area contributed by atoms with Gasteiger partial charge in [-0.2, -0.15) is 0 Å². The van der Waals surface area contributed by atoms with Crippen molar-refractivity contribution in [3.05, 3.63) is 0 Å². The van der Waals surface area contributed by atoms with Crippen LogP contribution in [-0.4, -0.2) is 12.3 Å². The molecule has 86 valence electrons. The Morgan fingerprint density at radius 3 is 2.33 bits per heavy atom. The van der Waals surface area contributed by atoms with Crippen LogP contribution in [0, 0.1) is 10.8 Å². The predicted molar refractivity (Wildman–Crippen MR) is 61.5 cm³/mol. The van der Waals surface area contributed by atoms with E-state index in [0.29, 0.717) is 11.2 Å². The van der Waals surface area contributed by atoms with Crippen LogP contribution in [0.1, 0.15) is 58.3 Å². The molecule has 2 nitrogen and oxygen atoms in total. The lowest BCUT2D eigenvalue weighted by atomic mass is 9.63. The van der Waals surface area contributed by atoms with E-state index in [-0.39, 0.29) is 5.41 Å². The molecule has 0 radical (unpaired) electrons. The van der Waals surface area contributed by atoms with Crippen LogP contribution in [0.3, 0.4) is 0 Å². The highest BCUT2D eigenvalue weighted by Gasteiger charge is 2.47. The fraction of sp³-hybridized carbons (Fsp3) is 0.923. The Bertz CT molecular complexity index is 251. The third-order valence-electron chi connectivity index (χ3n) is 4.98. The van der Waals surface area contributed by atoms with Gasteiger partial charge in [-0.3, -0.25) is 4.79 Å². The molecular formula is C13H23NO. The summed E-state index contributed by atoms with van der Waals surface area (Å²) >= 11 is 0. The van der Waals surface area contributed by atoms with Crippen molar-refractivity contribution in [1.29, 1.82) is 0 Å². The Hall–Kier alpha value is -0.370. The third-order valence-corrected chi connectivity index (χ3v) is 4.98. The number of fused-ring (bicyclic) bond motifs is 4. The fourth-order valence-corrected chi connectivity index (χ4v) is 3.66. The third kappa shape index (κ3) is 1.73. The van der Waals surface area contributed by atoms with E-state index in [1.54, 1.807) is 0 Å². The van der Waals surface area contributed by atoms with Gasteiger partial charge in [-0.1, -0.05) is 13.3 Å². The summed E-state index contributed by atoms with van der Waals surface area (Å²) in [7, 11) is 0. The van der Waals surface area contributed by atoms with Gasteiger partial charge in [-0.25, -0.2) is 0 Å². The SMILES string of the molecule is CCC(=O)C12CCCC(CN)(CC1)CC2. The van der Waals surface area contributed by atoms with Gasteiger partial charge in [0, 0.05) is 11.8 Å². The van der Waals surface area contributed by atoms with Crippen molar-refractivity contribution >= 4 is 5.78 Å². The zero-order valence-electron chi connectivity index (χ0n) is 9.85. The minimum Gasteiger partial charge on any atom is -0.330 e. The fourth-order valence-electron chi connectivity index (χ4n) is 3.66. The highest BCUT2D eigenvalue weighted by atomic mass is 16.1. The molecule has 2 bridgehead atoms. The van der Waals surface area contributed by atoms with Gasteiger partial charge < -0.3 is 5.73 Å². The van der Waals surface area contributed by atoms with E-state index in [1.807, 2.05) is 6.92 Å². The second kappa shape index (κ2) is 3.89. The van der Waals surface area contributed by atoms with Gasteiger partial charge in [-0.15, -0.1) is 0 Å². The minimum atomic E-state index is 0.0594. The lowest BCUT2D eigenvalue weighted by molar-refractivity contribution is -0.131. The second-order valence-corrected chi connectivity index (χ2v) is 5.61. The van der Waals surface area contributed by atoms with Gasteiger partial charge in [-0.05, 0) is 50.5 Å². The molecule has 2 N–H and O–H groups in total.